The van der Waals surface area contributed by atoms with Crippen LogP contribution in [0.3, 0.4) is 0 Å². The van der Waals surface area contributed by atoms with E-state index in [4.69, 9.17) is 0 Å². The van der Waals surface area contributed by atoms with Crippen LogP contribution in [0.15, 0.2) is 0 Å². The minimum Gasteiger partial charge on any atom is -0.0622 e. The summed E-state index contributed by atoms with van der Waals surface area (Å²) in [7, 11) is 0. The Morgan fingerprint density at radius 2 is 1.67 bits per heavy atom. The Labute approximate surface area is 74.7 Å². The van der Waals surface area contributed by atoms with Crippen molar-refractivity contribution in [3.8, 4) is 0 Å². The van der Waals surface area contributed by atoms with Crippen LogP contribution in [0.5, 0.6) is 0 Å². The summed E-state index contributed by atoms with van der Waals surface area (Å²) in [5.74, 6) is 8.39. The van der Waals surface area contributed by atoms with Gasteiger partial charge in [-0.05, 0) is 60.7 Å². The summed E-state index contributed by atoms with van der Waals surface area (Å²) >= 11 is 0. The fourth-order valence-corrected chi connectivity index (χ4v) is 5.52. The van der Waals surface area contributed by atoms with E-state index in [1.165, 1.54) is 35.5 Å². The summed E-state index contributed by atoms with van der Waals surface area (Å²) < 4.78 is 0. The lowest BCUT2D eigenvalue weighted by Gasteiger charge is -2.37. The highest BCUT2D eigenvalue weighted by molar-refractivity contribution is 5.16. The fraction of sp³-hybridized carbons (Fsp3) is 1.00. The van der Waals surface area contributed by atoms with E-state index >= 15 is 0 Å². The first-order valence-corrected chi connectivity index (χ1v) is 5.86. The van der Waals surface area contributed by atoms with Crippen LogP contribution in [0, 0.1) is 41.4 Å². The van der Waals surface area contributed by atoms with E-state index in [1.54, 1.807) is 25.7 Å². The predicted octanol–water partition coefficient (Wildman–Crippen LogP) is 2.93. The molecule has 0 saturated heterocycles. The molecule has 6 aliphatic carbocycles. The van der Waals surface area contributed by atoms with Crippen LogP contribution in [0.4, 0.5) is 0 Å². The molecule has 0 radical (unpaired) electrons. The van der Waals surface area contributed by atoms with Gasteiger partial charge in [0.2, 0.25) is 0 Å². The molecule has 6 fully saturated rings. The number of hydrogen-bond acceptors (Lipinski definition) is 0. The van der Waals surface area contributed by atoms with E-state index in [0.29, 0.717) is 0 Å². The van der Waals surface area contributed by atoms with Crippen molar-refractivity contribution in [2.24, 2.45) is 41.4 Å². The highest BCUT2D eigenvalue weighted by atomic mass is 14.7. The van der Waals surface area contributed by atoms with Gasteiger partial charge in [0.1, 0.15) is 0 Å². The molecule has 7 unspecified atom stereocenters. The highest BCUT2D eigenvalue weighted by Gasteiger charge is 2.68. The molecule has 0 nitrogen and oxygen atoms in total. The molecule has 0 aromatic heterocycles. The topological polar surface area (TPSA) is 0 Å². The fourth-order valence-electron chi connectivity index (χ4n) is 5.52. The third-order valence-electron chi connectivity index (χ3n) is 5.86. The Bertz CT molecular complexity index is 232. The van der Waals surface area contributed by atoms with Crippen LogP contribution >= 0.6 is 0 Å². The lowest BCUT2D eigenvalue weighted by molar-refractivity contribution is 0.103. The number of rotatable bonds is 0. The van der Waals surface area contributed by atoms with Gasteiger partial charge in [-0.1, -0.05) is 13.3 Å². The van der Waals surface area contributed by atoms with Crippen molar-refractivity contribution in [1.82, 2.24) is 0 Å². The van der Waals surface area contributed by atoms with Gasteiger partial charge < -0.3 is 0 Å². The molecule has 6 rings (SSSR count). The minimum atomic E-state index is 1.08. The Balaban J connectivity index is 1.81. The van der Waals surface area contributed by atoms with Gasteiger partial charge in [-0.2, -0.15) is 0 Å². The first-order valence-electron chi connectivity index (χ1n) is 5.86. The Kier molecular flexibility index (Phi) is 0.946. The maximum Gasteiger partial charge on any atom is -0.0318 e. The van der Waals surface area contributed by atoms with Crippen molar-refractivity contribution in [3.63, 3.8) is 0 Å². The van der Waals surface area contributed by atoms with Crippen LogP contribution in [0.25, 0.3) is 0 Å². The number of hydrogen-bond donors (Lipinski definition) is 0. The van der Waals surface area contributed by atoms with Crippen molar-refractivity contribution >= 4 is 0 Å². The quantitative estimate of drug-likeness (QED) is 0.514. The summed E-state index contributed by atoms with van der Waals surface area (Å²) in [4.78, 5) is 0. The Morgan fingerprint density at radius 3 is 2.50 bits per heavy atom. The van der Waals surface area contributed by atoms with Crippen molar-refractivity contribution < 1.29 is 0 Å². The first-order chi connectivity index (χ1) is 5.86. The van der Waals surface area contributed by atoms with Gasteiger partial charge in [0.25, 0.3) is 0 Å². The molecule has 12 heavy (non-hydrogen) atoms. The summed E-state index contributed by atoms with van der Waals surface area (Å²) in [6, 6.07) is 0. The van der Waals surface area contributed by atoms with Crippen LogP contribution in [-0.4, -0.2) is 0 Å². The maximum atomic E-state index is 2.52. The predicted molar refractivity (Wildman–Crippen MR) is 48.6 cm³/mol. The molecular weight excluding hydrogens is 144 g/mol. The monoisotopic (exact) mass is 162 g/mol. The first kappa shape index (κ1) is 6.45. The van der Waals surface area contributed by atoms with E-state index in [2.05, 4.69) is 6.92 Å². The zero-order valence-corrected chi connectivity index (χ0v) is 7.87. The van der Waals surface area contributed by atoms with E-state index in [1.807, 2.05) is 0 Å². The molecule has 7 atom stereocenters. The van der Waals surface area contributed by atoms with E-state index < -0.39 is 0 Å². The molecule has 6 aliphatic rings. The molecule has 6 saturated carbocycles. The molecule has 0 aromatic carbocycles. The molecule has 6 bridgehead atoms. The molecular formula is C12H18. The van der Waals surface area contributed by atoms with Gasteiger partial charge in [0.15, 0.2) is 0 Å². The van der Waals surface area contributed by atoms with E-state index in [9.17, 15) is 0 Å². The summed E-state index contributed by atoms with van der Waals surface area (Å²) in [6.45, 7) is 2.52. The highest BCUT2D eigenvalue weighted by Crippen LogP contribution is 2.74. The van der Waals surface area contributed by atoms with Gasteiger partial charge in [0.05, 0.1) is 0 Å². The van der Waals surface area contributed by atoms with Crippen LogP contribution in [0.2, 0.25) is 0 Å². The van der Waals surface area contributed by atoms with Crippen molar-refractivity contribution in [3.05, 3.63) is 0 Å². The van der Waals surface area contributed by atoms with E-state index in [0.717, 1.165) is 5.92 Å². The van der Waals surface area contributed by atoms with Crippen LogP contribution in [-0.2, 0) is 0 Å². The second kappa shape index (κ2) is 1.76. The second-order valence-corrected chi connectivity index (χ2v) is 5.93. The normalized spacial score (nSPS) is 71.2. The van der Waals surface area contributed by atoms with Crippen molar-refractivity contribution in [2.45, 2.75) is 32.6 Å². The zero-order chi connectivity index (χ0) is 7.87. The van der Waals surface area contributed by atoms with Crippen LogP contribution < -0.4 is 0 Å². The summed E-state index contributed by atoms with van der Waals surface area (Å²) in [5.41, 5.74) is 0. The van der Waals surface area contributed by atoms with Gasteiger partial charge >= 0.3 is 0 Å². The van der Waals surface area contributed by atoms with Crippen molar-refractivity contribution in [2.75, 3.05) is 0 Å². The van der Waals surface area contributed by atoms with Gasteiger partial charge in [0, 0.05) is 0 Å². The standard InChI is InChI=1S/C12H18/c1-6-2-3-7-4-9-10-5-8(6)12(9)11(7)10/h6-12H,2-5H2,1H3. The average molecular weight is 162 g/mol. The summed E-state index contributed by atoms with van der Waals surface area (Å²) in [5, 5.41) is 0. The minimum absolute atomic E-state index is 1.08. The summed E-state index contributed by atoms with van der Waals surface area (Å²) in [6.07, 6.45) is 6.43. The van der Waals surface area contributed by atoms with Crippen molar-refractivity contribution in [1.29, 1.82) is 0 Å². The maximum absolute atomic E-state index is 2.52. The Hall–Kier alpha value is 0. The third kappa shape index (κ3) is 0.482. The molecule has 0 N–H and O–H groups in total. The third-order valence-corrected chi connectivity index (χ3v) is 5.86. The molecule has 0 spiro atoms. The second-order valence-electron chi connectivity index (χ2n) is 5.93. The molecule has 0 heterocycles. The molecule has 0 aliphatic heterocycles. The van der Waals surface area contributed by atoms with Crippen LogP contribution in [0.1, 0.15) is 32.6 Å². The largest absolute Gasteiger partial charge is 0.0622 e. The smallest absolute Gasteiger partial charge is 0.0318 e. The molecule has 0 amide bonds. The zero-order valence-electron chi connectivity index (χ0n) is 7.87. The van der Waals surface area contributed by atoms with Gasteiger partial charge in [-0.25, -0.2) is 0 Å². The molecule has 0 aromatic rings. The lowest BCUT2D eigenvalue weighted by Crippen LogP contribution is -2.33. The SMILES string of the molecule is CC1CCC2CC3C4CC1C3C24. The van der Waals surface area contributed by atoms with Gasteiger partial charge in [-0.15, -0.1) is 0 Å². The molecule has 66 valence electrons. The Morgan fingerprint density at radius 1 is 0.833 bits per heavy atom. The van der Waals surface area contributed by atoms with Gasteiger partial charge in [-0.3, -0.25) is 0 Å². The lowest BCUT2D eigenvalue weighted by atomic mass is 9.68. The average Bonchev–Trinajstić information content (AvgIpc) is 2.70. The molecule has 0 heteroatoms. The van der Waals surface area contributed by atoms with E-state index in [-0.39, 0.29) is 0 Å².